The van der Waals surface area contributed by atoms with Gasteiger partial charge in [-0.2, -0.15) is 0 Å². The molecule has 0 bridgehead atoms. The van der Waals surface area contributed by atoms with Crippen molar-refractivity contribution in [3.8, 4) is 0 Å². The standard InChI is InChI=1S/C54H96O6/c1-4-7-10-13-16-19-21-23-25-27-29-30-32-35-38-41-44-47-53(56)59-50-51(49-58-52(55)46-43-40-37-34-18-15-12-9-6-3)60-54(57)48-45-42-39-36-33-31-28-26-24-22-20-17-14-11-8-5-2/h16,19,23,25,29-30,35,38,51H,4-15,17-18,20-22,24,26-28,31-34,36-37,39-50H2,1-3H3/b19-16-,25-23-,30-29-,38-35-. The van der Waals surface area contributed by atoms with Gasteiger partial charge in [0.2, 0.25) is 0 Å². The Labute approximate surface area is 371 Å². The van der Waals surface area contributed by atoms with Crippen LogP contribution in [0.2, 0.25) is 0 Å². The number of rotatable bonds is 46. The molecule has 0 aromatic heterocycles. The van der Waals surface area contributed by atoms with Crippen molar-refractivity contribution in [3.05, 3.63) is 48.6 Å². The predicted molar refractivity (Wildman–Crippen MR) is 256 cm³/mol. The Bertz CT molecular complexity index is 1060. The molecule has 0 aliphatic heterocycles. The third kappa shape index (κ3) is 46.4. The van der Waals surface area contributed by atoms with Gasteiger partial charge in [0.1, 0.15) is 13.2 Å². The van der Waals surface area contributed by atoms with Gasteiger partial charge in [0.05, 0.1) is 0 Å². The lowest BCUT2D eigenvalue weighted by Gasteiger charge is -2.18. The van der Waals surface area contributed by atoms with E-state index >= 15 is 0 Å². The van der Waals surface area contributed by atoms with Crippen molar-refractivity contribution in [2.75, 3.05) is 13.2 Å². The van der Waals surface area contributed by atoms with Crippen molar-refractivity contribution >= 4 is 17.9 Å². The summed E-state index contributed by atoms with van der Waals surface area (Å²) in [6.45, 7) is 6.56. The van der Waals surface area contributed by atoms with Gasteiger partial charge in [0.15, 0.2) is 6.10 Å². The van der Waals surface area contributed by atoms with Gasteiger partial charge >= 0.3 is 17.9 Å². The molecule has 60 heavy (non-hydrogen) atoms. The number of carbonyl (C=O) groups is 3. The van der Waals surface area contributed by atoms with Gasteiger partial charge in [-0.05, 0) is 57.8 Å². The van der Waals surface area contributed by atoms with Crippen LogP contribution in [-0.4, -0.2) is 37.2 Å². The fourth-order valence-corrected chi connectivity index (χ4v) is 7.20. The number of hydrogen-bond donors (Lipinski definition) is 0. The summed E-state index contributed by atoms with van der Waals surface area (Å²) in [6, 6.07) is 0. The molecule has 1 unspecified atom stereocenters. The molecule has 0 heterocycles. The minimum atomic E-state index is -0.789. The van der Waals surface area contributed by atoms with E-state index in [9.17, 15) is 14.4 Å². The topological polar surface area (TPSA) is 78.9 Å². The predicted octanol–water partition coefficient (Wildman–Crippen LogP) is 16.7. The Balaban J connectivity index is 4.39. The summed E-state index contributed by atoms with van der Waals surface area (Å²) in [7, 11) is 0. The van der Waals surface area contributed by atoms with Crippen LogP contribution >= 0.6 is 0 Å². The highest BCUT2D eigenvalue weighted by Crippen LogP contribution is 2.15. The number of unbranched alkanes of at least 4 members (excludes halogenated alkanes) is 27. The largest absolute Gasteiger partial charge is 0.462 e. The van der Waals surface area contributed by atoms with Crippen LogP contribution in [0.3, 0.4) is 0 Å². The minimum Gasteiger partial charge on any atom is -0.462 e. The van der Waals surface area contributed by atoms with E-state index in [1.165, 1.54) is 148 Å². The Morgan fingerprint density at radius 1 is 0.333 bits per heavy atom. The maximum absolute atomic E-state index is 12.8. The zero-order valence-corrected chi connectivity index (χ0v) is 39.7. The van der Waals surface area contributed by atoms with E-state index in [2.05, 4.69) is 69.4 Å². The number of esters is 3. The Morgan fingerprint density at radius 3 is 1.00 bits per heavy atom. The first kappa shape index (κ1) is 57.4. The van der Waals surface area contributed by atoms with Gasteiger partial charge in [0, 0.05) is 19.3 Å². The molecule has 0 spiro atoms. The molecule has 0 fully saturated rings. The summed E-state index contributed by atoms with van der Waals surface area (Å²) >= 11 is 0. The highest BCUT2D eigenvalue weighted by molar-refractivity contribution is 5.71. The van der Waals surface area contributed by atoms with Crippen LogP contribution < -0.4 is 0 Å². The summed E-state index contributed by atoms with van der Waals surface area (Å²) in [5, 5.41) is 0. The van der Waals surface area contributed by atoms with Crippen LogP contribution in [0.1, 0.15) is 258 Å². The number of allylic oxidation sites excluding steroid dienone is 8. The minimum absolute atomic E-state index is 0.0868. The molecule has 6 heteroatoms. The maximum Gasteiger partial charge on any atom is 0.306 e. The Hall–Kier alpha value is -2.63. The van der Waals surface area contributed by atoms with Crippen LogP contribution in [0.25, 0.3) is 0 Å². The lowest BCUT2D eigenvalue weighted by Crippen LogP contribution is -2.30. The lowest BCUT2D eigenvalue weighted by atomic mass is 10.0. The summed E-state index contributed by atoms with van der Waals surface area (Å²) < 4.78 is 16.7. The second-order valence-electron chi connectivity index (χ2n) is 17.1. The van der Waals surface area contributed by atoms with Crippen LogP contribution in [0.5, 0.6) is 0 Å². The molecule has 0 radical (unpaired) electrons. The van der Waals surface area contributed by atoms with E-state index in [1.807, 2.05) is 0 Å². The molecule has 0 rings (SSSR count). The van der Waals surface area contributed by atoms with Crippen molar-refractivity contribution < 1.29 is 28.6 Å². The van der Waals surface area contributed by atoms with E-state index in [-0.39, 0.29) is 37.5 Å². The maximum atomic E-state index is 12.8. The van der Waals surface area contributed by atoms with Gasteiger partial charge < -0.3 is 14.2 Å². The lowest BCUT2D eigenvalue weighted by molar-refractivity contribution is -0.167. The second-order valence-corrected chi connectivity index (χ2v) is 17.1. The molecule has 0 aromatic carbocycles. The van der Waals surface area contributed by atoms with Crippen molar-refractivity contribution in [2.24, 2.45) is 0 Å². The van der Waals surface area contributed by atoms with Gasteiger partial charge in [-0.15, -0.1) is 0 Å². The monoisotopic (exact) mass is 841 g/mol. The Morgan fingerprint density at radius 2 is 0.617 bits per heavy atom. The molecule has 0 aliphatic carbocycles. The molecule has 348 valence electrons. The van der Waals surface area contributed by atoms with E-state index in [0.29, 0.717) is 19.3 Å². The zero-order valence-electron chi connectivity index (χ0n) is 39.7. The van der Waals surface area contributed by atoms with Crippen LogP contribution in [0.15, 0.2) is 48.6 Å². The van der Waals surface area contributed by atoms with Crippen molar-refractivity contribution in [1.29, 1.82) is 0 Å². The molecule has 0 saturated heterocycles. The summed E-state index contributed by atoms with van der Waals surface area (Å²) in [5.74, 6) is -0.940. The van der Waals surface area contributed by atoms with Crippen molar-refractivity contribution in [1.82, 2.24) is 0 Å². The molecule has 0 N–H and O–H groups in total. The average Bonchev–Trinajstić information content (AvgIpc) is 3.24. The SMILES string of the molecule is CCCCC/C=C\C/C=C\C/C=C\C/C=C\CCCC(=O)OCC(COC(=O)CCCCCCCCCCC)OC(=O)CCCCCCCCCCCCCCCCCC. The smallest absolute Gasteiger partial charge is 0.306 e. The molecule has 0 aliphatic rings. The molecular formula is C54H96O6. The summed E-state index contributed by atoms with van der Waals surface area (Å²) in [6.07, 6.45) is 58.2. The summed E-state index contributed by atoms with van der Waals surface area (Å²) in [5.41, 5.74) is 0. The van der Waals surface area contributed by atoms with Crippen LogP contribution in [0, 0.1) is 0 Å². The van der Waals surface area contributed by atoms with Gasteiger partial charge in [-0.1, -0.05) is 230 Å². The van der Waals surface area contributed by atoms with Crippen molar-refractivity contribution in [2.45, 2.75) is 264 Å². The fraction of sp³-hybridized carbons (Fsp3) is 0.796. The van der Waals surface area contributed by atoms with E-state index in [4.69, 9.17) is 14.2 Å². The molecule has 0 saturated carbocycles. The average molecular weight is 841 g/mol. The Kier molecular flexibility index (Phi) is 46.9. The van der Waals surface area contributed by atoms with Gasteiger partial charge in [0.25, 0.3) is 0 Å². The van der Waals surface area contributed by atoms with Gasteiger partial charge in [-0.3, -0.25) is 14.4 Å². The summed E-state index contributed by atoms with van der Waals surface area (Å²) in [4.78, 5) is 37.8. The van der Waals surface area contributed by atoms with Crippen molar-refractivity contribution in [3.63, 3.8) is 0 Å². The first-order valence-corrected chi connectivity index (χ1v) is 25.6. The van der Waals surface area contributed by atoms with Crippen LogP contribution in [-0.2, 0) is 28.6 Å². The normalized spacial score (nSPS) is 12.4. The van der Waals surface area contributed by atoms with E-state index < -0.39 is 6.10 Å². The third-order valence-corrected chi connectivity index (χ3v) is 11.1. The highest BCUT2D eigenvalue weighted by Gasteiger charge is 2.19. The molecule has 1 atom stereocenters. The first-order valence-electron chi connectivity index (χ1n) is 25.6. The highest BCUT2D eigenvalue weighted by atomic mass is 16.6. The van der Waals surface area contributed by atoms with E-state index in [1.54, 1.807) is 0 Å². The second kappa shape index (κ2) is 49.0. The van der Waals surface area contributed by atoms with E-state index in [0.717, 1.165) is 64.2 Å². The number of ether oxygens (including phenoxy) is 3. The molecular weight excluding hydrogens is 745 g/mol. The zero-order chi connectivity index (χ0) is 43.7. The quantitative estimate of drug-likeness (QED) is 0.0263. The first-order chi connectivity index (χ1) is 29.5. The number of carbonyl (C=O) groups excluding carboxylic acids is 3. The van der Waals surface area contributed by atoms with Gasteiger partial charge in [-0.25, -0.2) is 0 Å². The van der Waals surface area contributed by atoms with Crippen LogP contribution in [0.4, 0.5) is 0 Å². The molecule has 0 amide bonds. The molecule has 0 aromatic rings. The number of hydrogen-bond acceptors (Lipinski definition) is 6. The fourth-order valence-electron chi connectivity index (χ4n) is 7.20. The molecule has 6 nitrogen and oxygen atoms in total. The third-order valence-electron chi connectivity index (χ3n) is 11.1.